The number of hydrogen-bond acceptors (Lipinski definition) is 4. The maximum Gasteiger partial charge on any atom is 0.265 e. The lowest BCUT2D eigenvalue weighted by Gasteiger charge is -2.31. The molecule has 1 N–H and O–H groups in total. The van der Waals surface area contributed by atoms with Gasteiger partial charge in [0.05, 0.1) is 10.6 Å². The highest BCUT2D eigenvalue weighted by Gasteiger charge is 2.35. The monoisotopic (exact) mass is 527 g/mol. The number of nitrogens with zero attached hydrogens (tertiary/aromatic N) is 2. The second-order valence-electron chi connectivity index (χ2n) is 8.78. The van der Waals surface area contributed by atoms with E-state index in [4.69, 9.17) is 11.6 Å². The zero-order valence-electron chi connectivity index (χ0n) is 20.4. The SMILES string of the molecule is CCNC(=O)[C@H](CC)N(Cc1ccc(Cl)cc1)C(=O)CCCN1c2cccc3cccc(c23)S1(=O)=O. The van der Waals surface area contributed by atoms with Crippen LogP contribution in [0.1, 0.15) is 38.7 Å². The number of sulfonamides is 1. The summed E-state index contributed by atoms with van der Waals surface area (Å²) in [7, 11) is -3.68. The van der Waals surface area contributed by atoms with E-state index in [0.717, 1.165) is 16.3 Å². The smallest absolute Gasteiger partial charge is 0.265 e. The molecular weight excluding hydrogens is 498 g/mol. The minimum Gasteiger partial charge on any atom is -0.355 e. The van der Waals surface area contributed by atoms with E-state index in [0.29, 0.717) is 35.0 Å². The topological polar surface area (TPSA) is 86.8 Å². The van der Waals surface area contributed by atoms with Gasteiger partial charge in [0.15, 0.2) is 0 Å². The Morgan fingerprint density at radius 1 is 1.03 bits per heavy atom. The number of anilines is 1. The predicted molar refractivity (Wildman–Crippen MR) is 142 cm³/mol. The standard InChI is InChI=1S/C27H30ClN3O4S/c1-3-22(27(33)29-4-2)30(18-19-13-15-21(28)16-14-19)25(32)12-7-17-31-23-10-5-8-20-9-6-11-24(26(20)23)36(31,34)35/h5-6,8-11,13-16,22H,3-4,7,12,17-18H2,1-2H3,(H,29,33)/t22-/m0/s1. The van der Waals surface area contributed by atoms with Crippen LogP contribution in [0.5, 0.6) is 0 Å². The first-order valence-electron chi connectivity index (χ1n) is 12.1. The van der Waals surface area contributed by atoms with Gasteiger partial charge >= 0.3 is 0 Å². The van der Waals surface area contributed by atoms with Crippen molar-refractivity contribution in [3.05, 3.63) is 71.2 Å². The van der Waals surface area contributed by atoms with Crippen LogP contribution in [-0.4, -0.2) is 44.3 Å². The van der Waals surface area contributed by atoms with Gasteiger partial charge in [-0.2, -0.15) is 0 Å². The van der Waals surface area contributed by atoms with Crippen molar-refractivity contribution < 1.29 is 18.0 Å². The molecule has 0 unspecified atom stereocenters. The Bertz CT molecular complexity index is 1370. The lowest BCUT2D eigenvalue weighted by Crippen LogP contribution is -2.49. The van der Waals surface area contributed by atoms with Gasteiger partial charge in [0.2, 0.25) is 11.8 Å². The second-order valence-corrected chi connectivity index (χ2v) is 11.0. The van der Waals surface area contributed by atoms with Crippen molar-refractivity contribution >= 4 is 49.9 Å². The number of carbonyl (C=O) groups is 2. The molecule has 3 aromatic carbocycles. The van der Waals surface area contributed by atoms with Crippen molar-refractivity contribution in [2.24, 2.45) is 0 Å². The molecule has 3 aromatic rings. The normalized spacial score (nSPS) is 14.6. The third kappa shape index (κ3) is 5.06. The molecule has 1 aliphatic heterocycles. The Kier molecular flexibility index (Phi) is 7.85. The molecule has 0 spiro atoms. The van der Waals surface area contributed by atoms with Crippen LogP contribution in [0.2, 0.25) is 5.02 Å². The van der Waals surface area contributed by atoms with Crippen LogP contribution in [0.3, 0.4) is 0 Å². The summed E-state index contributed by atoms with van der Waals surface area (Å²) in [5, 5.41) is 5.00. The Hall–Kier alpha value is -3.10. The van der Waals surface area contributed by atoms with Crippen molar-refractivity contribution in [3.63, 3.8) is 0 Å². The van der Waals surface area contributed by atoms with Crippen LogP contribution in [0, 0.1) is 0 Å². The van der Waals surface area contributed by atoms with E-state index in [9.17, 15) is 18.0 Å². The molecule has 4 rings (SSSR count). The van der Waals surface area contributed by atoms with Crippen molar-refractivity contribution in [2.75, 3.05) is 17.4 Å². The van der Waals surface area contributed by atoms with Gasteiger partial charge in [-0.15, -0.1) is 0 Å². The summed E-state index contributed by atoms with van der Waals surface area (Å²) < 4.78 is 27.8. The fraction of sp³-hybridized carbons (Fsp3) is 0.333. The van der Waals surface area contributed by atoms with E-state index in [1.807, 2.05) is 44.2 Å². The summed E-state index contributed by atoms with van der Waals surface area (Å²) in [5.74, 6) is -0.401. The summed E-state index contributed by atoms with van der Waals surface area (Å²) in [6, 6.07) is 17.3. The second kappa shape index (κ2) is 10.9. The molecule has 0 saturated heterocycles. The zero-order chi connectivity index (χ0) is 25.9. The summed E-state index contributed by atoms with van der Waals surface area (Å²) >= 11 is 6.01. The average molecular weight is 528 g/mol. The van der Waals surface area contributed by atoms with E-state index in [-0.39, 0.29) is 31.3 Å². The fourth-order valence-electron chi connectivity index (χ4n) is 4.71. The summed E-state index contributed by atoms with van der Waals surface area (Å²) in [4.78, 5) is 28.1. The van der Waals surface area contributed by atoms with Crippen molar-refractivity contribution in [2.45, 2.75) is 50.6 Å². The van der Waals surface area contributed by atoms with Gasteiger partial charge in [-0.25, -0.2) is 8.42 Å². The lowest BCUT2D eigenvalue weighted by molar-refractivity contribution is -0.141. The Balaban J connectivity index is 1.51. The van der Waals surface area contributed by atoms with E-state index >= 15 is 0 Å². The first-order chi connectivity index (χ1) is 17.3. The van der Waals surface area contributed by atoms with Gasteiger partial charge in [0.1, 0.15) is 6.04 Å². The van der Waals surface area contributed by atoms with E-state index in [1.54, 1.807) is 35.2 Å². The Morgan fingerprint density at radius 2 is 1.72 bits per heavy atom. The van der Waals surface area contributed by atoms with Gasteiger partial charge in [0.25, 0.3) is 10.0 Å². The summed E-state index contributed by atoms with van der Waals surface area (Å²) in [6.45, 7) is 4.62. The highest BCUT2D eigenvalue weighted by molar-refractivity contribution is 7.93. The maximum absolute atomic E-state index is 13.4. The number of halogens is 1. The van der Waals surface area contributed by atoms with Crippen LogP contribution in [0.15, 0.2) is 65.6 Å². The quantitative estimate of drug-likeness (QED) is 0.413. The molecular formula is C27H30ClN3O4S. The number of carbonyl (C=O) groups excluding carboxylic acids is 2. The van der Waals surface area contributed by atoms with E-state index < -0.39 is 16.1 Å². The number of hydrogen-bond donors (Lipinski definition) is 1. The number of benzene rings is 3. The average Bonchev–Trinajstić information content (AvgIpc) is 3.08. The van der Waals surface area contributed by atoms with Crippen molar-refractivity contribution in [1.29, 1.82) is 0 Å². The molecule has 1 aliphatic rings. The number of nitrogens with one attached hydrogen (secondary N) is 1. The first kappa shape index (κ1) is 26.0. The molecule has 0 aromatic heterocycles. The molecule has 0 bridgehead atoms. The highest BCUT2D eigenvalue weighted by Crippen LogP contribution is 2.42. The maximum atomic E-state index is 13.4. The van der Waals surface area contributed by atoms with Gasteiger partial charge in [-0.05, 0) is 55.0 Å². The van der Waals surface area contributed by atoms with Crippen molar-refractivity contribution in [1.82, 2.24) is 10.2 Å². The van der Waals surface area contributed by atoms with Crippen LogP contribution in [0.25, 0.3) is 10.8 Å². The number of amides is 2. The third-order valence-electron chi connectivity index (χ3n) is 6.44. The summed E-state index contributed by atoms with van der Waals surface area (Å²) in [6.07, 6.45) is 0.899. The minimum absolute atomic E-state index is 0.113. The molecule has 0 fully saturated rings. The van der Waals surface area contributed by atoms with E-state index in [2.05, 4.69) is 5.32 Å². The minimum atomic E-state index is -3.68. The third-order valence-corrected chi connectivity index (χ3v) is 8.54. The molecule has 7 nitrogen and oxygen atoms in total. The van der Waals surface area contributed by atoms with Crippen LogP contribution >= 0.6 is 11.6 Å². The summed E-state index contributed by atoms with van der Waals surface area (Å²) in [5.41, 5.74) is 1.50. The van der Waals surface area contributed by atoms with Crippen LogP contribution < -0.4 is 9.62 Å². The fourth-order valence-corrected chi connectivity index (χ4v) is 6.59. The van der Waals surface area contributed by atoms with Crippen LogP contribution in [0.4, 0.5) is 5.69 Å². The number of likely N-dealkylation sites (N-methyl/N-ethyl adjacent to an activating group) is 1. The molecule has 0 aliphatic carbocycles. The van der Waals surface area contributed by atoms with Crippen LogP contribution in [-0.2, 0) is 26.2 Å². The molecule has 190 valence electrons. The molecule has 9 heteroatoms. The Morgan fingerprint density at radius 3 is 2.39 bits per heavy atom. The largest absolute Gasteiger partial charge is 0.355 e. The Labute approximate surface area is 217 Å². The molecule has 0 saturated carbocycles. The van der Waals surface area contributed by atoms with Gasteiger partial charge in [0, 0.05) is 36.5 Å². The molecule has 36 heavy (non-hydrogen) atoms. The van der Waals surface area contributed by atoms with Gasteiger partial charge in [-0.3, -0.25) is 13.9 Å². The van der Waals surface area contributed by atoms with Crippen molar-refractivity contribution in [3.8, 4) is 0 Å². The zero-order valence-corrected chi connectivity index (χ0v) is 22.0. The molecule has 1 atom stereocenters. The molecule has 2 amide bonds. The van der Waals surface area contributed by atoms with Gasteiger partial charge < -0.3 is 10.2 Å². The molecule has 1 heterocycles. The number of rotatable bonds is 10. The lowest BCUT2D eigenvalue weighted by atomic mass is 10.1. The highest BCUT2D eigenvalue weighted by atomic mass is 35.5. The van der Waals surface area contributed by atoms with E-state index in [1.165, 1.54) is 4.31 Å². The first-order valence-corrected chi connectivity index (χ1v) is 14.0. The van der Waals surface area contributed by atoms with Gasteiger partial charge in [-0.1, -0.05) is 54.9 Å². The molecule has 0 radical (unpaired) electrons. The predicted octanol–water partition coefficient (Wildman–Crippen LogP) is 4.73.